The highest BCUT2D eigenvalue weighted by Crippen LogP contribution is 2.41. The van der Waals surface area contributed by atoms with E-state index < -0.39 is 11.2 Å². The highest BCUT2D eigenvalue weighted by molar-refractivity contribution is 6.34. The number of H-pyrrole nitrogens is 1. The Balaban J connectivity index is 1.39. The van der Waals surface area contributed by atoms with Crippen LogP contribution < -0.4 is 20.9 Å². The van der Waals surface area contributed by atoms with Gasteiger partial charge in [-0.2, -0.15) is 0 Å². The number of nitrogens with one attached hydrogen (secondary N) is 1. The van der Waals surface area contributed by atoms with Gasteiger partial charge in [0, 0.05) is 23.0 Å². The van der Waals surface area contributed by atoms with Gasteiger partial charge in [0.2, 0.25) is 0 Å². The fraction of sp³-hybridized carbons (Fsp3) is 0.0606. The van der Waals surface area contributed by atoms with Crippen LogP contribution in [0.3, 0.4) is 0 Å². The van der Waals surface area contributed by atoms with Crippen molar-refractivity contribution in [1.29, 1.82) is 0 Å². The minimum atomic E-state index is -0.530. The van der Waals surface area contributed by atoms with E-state index in [0.29, 0.717) is 33.0 Å². The van der Waals surface area contributed by atoms with Crippen LogP contribution >= 0.6 is 11.6 Å². The molecule has 0 fully saturated rings. The van der Waals surface area contributed by atoms with Crippen molar-refractivity contribution in [2.45, 2.75) is 0 Å². The molecule has 7 rings (SSSR count). The first-order valence-corrected chi connectivity index (χ1v) is 13.4. The molecule has 1 aliphatic heterocycles. The zero-order valence-electron chi connectivity index (χ0n) is 21.9. The van der Waals surface area contributed by atoms with Crippen molar-refractivity contribution in [3.63, 3.8) is 0 Å². The normalized spacial score (nSPS) is 12.9. The first-order chi connectivity index (χ1) is 19.9. The Morgan fingerprint density at radius 3 is 2.44 bits per heavy atom. The standard InChI is InChI=1S/C33H22ClN3O4/c1-36-28-17-20(13-15-29(28)41-18-30(36)38)23-9-5-10-25(34)31(23)21-12-14-24-26(16-21)35-33(40)37(32(24)39)27-11-4-7-19-6-2-3-8-22(19)27/h2-17H,18H2,1H3,(H,35,40). The number of hydrogen-bond donors (Lipinski definition) is 1. The molecule has 0 saturated heterocycles. The molecule has 1 aromatic heterocycles. The first-order valence-electron chi connectivity index (χ1n) is 13.0. The van der Waals surface area contributed by atoms with E-state index in [0.717, 1.165) is 33.0 Å². The summed E-state index contributed by atoms with van der Waals surface area (Å²) in [5.41, 5.74) is 3.80. The van der Waals surface area contributed by atoms with Crippen LogP contribution in [0.5, 0.6) is 5.75 Å². The Morgan fingerprint density at radius 1 is 0.780 bits per heavy atom. The lowest BCUT2D eigenvalue weighted by atomic mass is 9.93. The Hall–Kier alpha value is -5.14. The number of ether oxygens (including phenoxy) is 1. The number of fused-ring (bicyclic) bond motifs is 3. The predicted molar refractivity (Wildman–Crippen MR) is 162 cm³/mol. The first kappa shape index (κ1) is 24.9. The number of hydrogen-bond acceptors (Lipinski definition) is 4. The number of nitrogens with zero attached hydrogens (tertiary/aromatic N) is 2. The van der Waals surface area contributed by atoms with Crippen molar-refractivity contribution >= 4 is 44.9 Å². The van der Waals surface area contributed by atoms with Gasteiger partial charge in [0.15, 0.2) is 6.61 Å². The maximum Gasteiger partial charge on any atom is 0.333 e. The maximum absolute atomic E-state index is 13.7. The largest absolute Gasteiger partial charge is 0.482 e. The van der Waals surface area contributed by atoms with E-state index >= 15 is 0 Å². The zero-order chi connectivity index (χ0) is 28.2. The number of likely N-dealkylation sites (N-methyl/N-ethyl adjacent to an activating group) is 1. The zero-order valence-corrected chi connectivity index (χ0v) is 22.6. The predicted octanol–water partition coefficient (Wildman–Crippen LogP) is 6.17. The molecule has 0 radical (unpaired) electrons. The van der Waals surface area contributed by atoms with E-state index in [1.165, 1.54) is 4.57 Å². The molecule has 7 nitrogen and oxygen atoms in total. The van der Waals surface area contributed by atoms with Crippen LogP contribution in [-0.4, -0.2) is 29.1 Å². The van der Waals surface area contributed by atoms with Gasteiger partial charge in [-0.25, -0.2) is 9.36 Å². The van der Waals surface area contributed by atoms with Gasteiger partial charge in [0.25, 0.3) is 11.5 Å². The number of amides is 1. The van der Waals surface area contributed by atoms with Gasteiger partial charge in [0.1, 0.15) is 5.75 Å². The summed E-state index contributed by atoms with van der Waals surface area (Å²) in [6.07, 6.45) is 0. The average molecular weight is 560 g/mol. The van der Waals surface area contributed by atoms with Crippen LogP contribution in [0.2, 0.25) is 5.02 Å². The van der Waals surface area contributed by atoms with Gasteiger partial charge in [-0.1, -0.05) is 72.3 Å². The third kappa shape index (κ3) is 4.01. The molecule has 8 heteroatoms. The molecule has 0 spiro atoms. The van der Waals surface area contributed by atoms with Crippen LogP contribution in [0.15, 0.2) is 107 Å². The van der Waals surface area contributed by atoms with Crippen molar-refractivity contribution in [3.05, 3.63) is 123 Å². The minimum absolute atomic E-state index is 0.00273. The van der Waals surface area contributed by atoms with Crippen molar-refractivity contribution in [2.24, 2.45) is 0 Å². The second kappa shape index (κ2) is 9.50. The van der Waals surface area contributed by atoms with Crippen molar-refractivity contribution in [3.8, 4) is 33.7 Å². The summed E-state index contributed by atoms with van der Waals surface area (Å²) in [5.74, 6) is 0.499. The Labute approximate surface area is 238 Å². The molecule has 0 saturated carbocycles. The number of benzene rings is 5. The van der Waals surface area contributed by atoms with Crippen LogP contribution in [0.1, 0.15) is 0 Å². The Bertz CT molecular complexity index is 2160. The summed E-state index contributed by atoms with van der Waals surface area (Å²) in [6, 6.07) is 29.7. The second-order valence-corrected chi connectivity index (χ2v) is 10.3. The van der Waals surface area contributed by atoms with Crippen LogP contribution in [0, 0.1) is 0 Å². The molecule has 5 aromatic carbocycles. The molecule has 1 amide bonds. The molecular formula is C33H22ClN3O4. The number of halogens is 1. The van der Waals surface area contributed by atoms with E-state index in [1.807, 2.05) is 72.8 Å². The lowest BCUT2D eigenvalue weighted by Crippen LogP contribution is -2.35. The van der Waals surface area contributed by atoms with E-state index in [9.17, 15) is 14.4 Å². The molecule has 2 heterocycles. The summed E-state index contributed by atoms with van der Waals surface area (Å²) in [7, 11) is 1.72. The molecule has 0 aliphatic carbocycles. The Kier molecular flexibility index (Phi) is 5.76. The van der Waals surface area contributed by atoms with Gasteiger partial charge < -0.3 is 14.6 Å². The van der Waals surface area contributed by atoms with E-state index in [4.69, 9.17) is 16.3 Å². The van der Waals surface area contributed by atoms with Gasteiger partial charge in [-0.3, -0.25) is 9.59 Å². The Morgan fingerprint density at radius 2 is 1.56 bits per heavy atom. The lowest BCUT2D eigenvalue weighted by Gasteiger charge is -2.26. The molecule has 1 aliphatic rings. The number of aromatic amines is 1. The van der Waals surface area contributed by atoms with Crippen molar-refractivity contribution in [1.82, 2.24) is 9.55 Å². The number of rotatable bonds is 3. The van der Waals surface area contributed by atoms with E-state index in [2.05, 4.69) is 4.98 Å². The summed E-state index contributed by atoms with van der Waals surface area (Å²) < 4.78 is 6.77. The molecule has 6 aromatic rings. The topological polar surface area (TPSA) is 84.4 Å². The minimum Gasteiger partial charge on any atom is -0.482 e. The van der Waals surface area contributed by atoms with Crippen LogP contribution in [-0.2, 0) is 4.79 Å². The fourth-order valence-electron chi connectivity index (χ4n) is 5.49. The summed E-state index contributed by atoms with van der Waals surface area (Å²) >= 11 is 6.76. The monoisotopic (exact) mass is 559 g/mol. The smallest absolute Gasteiger partial charge is 0.333 e. The van der Waals surface area contributed by atoms with Crippen molar-refractivity contribution in [2.75, 3.05) is 18.6 Å². The summed E-state index contributed by atoms with van der Waals surface area (Å²) in [5, 5.41) is 2.62. The lowest BCUT2D eigenvalue weighted by molar-refractivity contribution is -0.120. The van der Waals surface area contributed by atoms with Gasteiger partial charge in [0.05, 0.1) is 22.3 Å². The quantitative estimate of drug-likeness (QED) is 0.281. The highest BCUT2D eigenvalue weighted by atomic mass is 35.5. The van der Waals surface area contributed by atoms with Gasteiger partial charge in [-0.05, 0) is 58.5 Å². The van der Waals surface area contributed by atoms with E-state index in [1.54, 1.807) is 36.2 Å². The van der Waals surface area contributed by atoms with Crippen LogP contribution in [0.4, 0.5) is 5.69 Å². The molecule has 200 valence electrons. The number of aromatic nitrogens is 2. The van der Waals surface area contributed by atoms with Crippen molar-refractivity contribution < 1.29 is 9.53 Å². The molecular weight excluding hydrogens is 538 g/mol. The van der Waals surface area contributed by atoms with Gasteiger partial charge in [-0.15, -0.1) is 0 Å². The summed E-state index contributed by atoms with van der Waals surface area (Å²) in [6.45, 7) is 0.00273. The molecule has 0 bridgehead atoms. The second-order valence-electron chi connectivity index (χ2n) is 9.92. The number of anilines is 1. The molecule has 0 unspecified atom stereocenters. The van der Waals surface area contributed by atoms with Crippen LogP contribution in [0.25, 0.3) is 49.6 Å². The SMILES string of the molecule is CN1C(=O)COc2ccc(-c3cccc(Cl)c3-c3ccc4c(=O)n(-c5cccc6ccccc56)c(=O)[nH]c4c3)cc21. The highest BCUT2D eigenvalue weighted by Gasteiger charge is 2.23. The van der Waals surface area contributed by atoms with Gasteiger partial charge >= 0.3 is 5.69 Å². The molecule has 0 atom stereocenters. The fourth-order valence-corrected chi connectivity index (χ4v) is 5.78. The van der Waals surface area contributed by atoms with E-state index in [-0.39, 0.29) is 12.5 Å². The summed E-state index contributed by atoms with van der Waals surface area (Å²) in [4.78, 5) is 43.7. The maximum atomic E-state index is 13.7. The number of carbonyl (C=O) groups is 1. The molecule has 41 heavy (non-hydrogen) atoms. The molecule has 1 N–H and O–H groups in total. The average Bonchev–Trinajstić information content (AvgIpc) is 2.98. The third-order valence-corrected chi connectivity index (χ3v) is 7.88. The third-order valence-electron chi connectivity index (χ3n) is 7.56. The number of carbonyl (C=O) groups excluding carboxylic acids is 1.